The van der Waals surface area contributed by atoms with Crippen molar-refractivity contribution in [2.75, 3.05) is 0 Å². The fourth-order valence-electron chi connectivity index (χ4n) is 7.39. The van der Waals surface area contributed by atoms with E-state index < -0.39 is 0 Å². The average molecular weight is 640 g/mol. The lowest BCUT2D eigenvalue weighted by Gasteiger charge is -2.12. The molecule has 10 aromatic rings. The molecule has 5 heteroatoms. The molecule has 0 atom stereocenters. The second kappa shape index (κ2) is 11.4. The van der Waals surface area contributed by atoms with Crippen molar-refractivity contribution in [3.8, 4) is 45.3 Å². The molecule has 0 aliphatic rings. The van der Waals surface area contributed by atoms with Gasteiger partial charge in [0.25, 0.3) is 0 Å². The van der Waals surface area contributed by atoms with Crippen molar-refractivity contribution < 1.29 is 0 Å². The van der Waals surface area contributed by atoms with Gasteiger partial charge in [0.15, 0.2) is 5.82 Å². The molecule has 7 aromatic carbocycles. The van der Waals surface area contributed by atoms with E-state index in [9.17, 15) is 0 Å². The van der Waals surface area contributed by atoms with E-state index >= 15 is 0 Å². The predicted octanol–water partition coefficient (Wildman–Crippen LogP) is 11.1. The maximum absolute atomic E-state index is 5.19. The van der Waals surface area contributed by atoms with E-state index in [1.807, 2.05) is 12.1 Å². The average Bonchev–Trinajstić information content (AvgIpc) is 3.70. The Labute approximate surface area is 288 Å². The fourth-order valence-corrected chi connectivity index (χ4v) is 7.39. The number of benzene rings is 7. The van der Waals surface area contributed by atoms with E-state index in [0.717, 1.165) is 60.8 Å². The Morgan fingerprint density at radius 2 is 0.820 bits per heavy atom. The molecule has 0 fully saturated rings. The third-order valence-corrected chi connectivity index (χ3v) is 9.65. The number of nitrogens with zero attached hydrogens (tertiary/aromatic N) is 5. The molecule has 0 N–H and O–H groups in total. The Kier molecular flexibility index (Phi) is 6.42. The summed E-state index contributed by atoms with van der Waals surface area (Å²) in [6.07, 6.45) is 1.63. The molecule has 0 saturated carbocycles. The van der Waals surface area contributed by atoms with Gasteiger partial charge in [-0.15, -0.1) is 0 Å². The van der Waals surface area contributed by atoms with Gasteiger partial charge in [-0.05, 0) is 76.9 Å². The monoisotopic (exact) mass is 639 g/mol. The zero-order valence-electron chi connectivity index (χ0n) is 27.0. The van der Waals surface area contributed by atoms with Crippen molar-refractivity contribution in [3.05, 3.63) is 176 Å². The molecular formula is C45H29N5. The molecule has 3 aromatic heterocycles. The summed E-state index contributed by atoms with van der Waals surface area (Å²) in [5.74, 6) is 1.20. The summed E-state index contributed by atoms with van der Waals surface area (Å²) >= 11 is 0. The van der Waals surface area contributed by atoms with E-state index in [1.165, 1.54) is 16.3 Å². The molecule has 50 heavy (non-hydrogen) atoms. The van der Waals surface area contributed by atoms with Gasteiger partial charge in [-0.3, -0.25) is 4.57 Å². The summed E-state index contributed by atoms with van der Waals surface area (Å²) in [6, 6.07) is 59.9. The normalized spacial score (nSPS) is 11.6. The van der Waals surface area contributed by atoms with E-state index in [4.69, 9.17) is 15.0 Å². The highest BCUT2D eigenvalue weighted by molar-refractivity contribution is 6.18. The highest BCUT2D eigenvalue weighted by Gasteiger charge is 2.20. The topological polar surface area (TPSA) is 48.5 Å². The summed E-state index contributed by atoms with van der Waals surface area (Å²) in [5, 5.41) is 4.67. The van der Waals surface area contributed by atoms with Crippen molar-refractivity contribution in [1.82, 2.24) is 24.1 Å². The lowest BCUT2D eigenvalue weighted by molar-refractivity contribution is 0.947. The number of aromatic nitrogens is 5. The predicted molar refractivity (Wildman–Crippen MR) is 205 cm³/mol. The minimum Gasteiger partial charge on any atom is -0.309 e. The SMILES string of the molecule is c1ccc(-c2cc(-c3ccccc3)cc(-c3ncnc(-n4c5ccccc5c5cc6c(cc54)c4ccccc4n6-c4ccccc4)n3)c2)cc1. The van der Waals surface area contributed by atoms with Gasteiger partial charge in [0.1, 0.15) is 6.33 Å². The van der Waals surface area contributed by atoms with Crippen LogP contribution in [0.15, 0.2) is 176 Å². The standard InChI is InChI=1S/C45H29N5/c1-4-14-30(15-5-1)32-24-33(31-16-6-2-7-17-31)26-34(25-32)44-46-29-47-45(48-44)50-41-23-13-11-21-37(41)39-27-42-38(28-43(39)50)36-20-10-12-22-40(36)49(42)35-18-8-3-9-19-35/h1-29H. The molecular weight excluding hydrogens is 611 g/mol. The van der Waals surface area contributed by atoms with Gasteiger partial charge in [0.05, 0.1) is 22.1 Å². The van der Waals surface area contributed by atoms with Crippen LogP contribution in [0.5, 0.6) is 0 Å². The zero-order valence-corrected chi connectivity index (χ0v) is 27.0. The van der Waals surface area contributed by atoms with Crippen LogP contribution in [0.3, 0.4) is 0 Å². The molecule has 234 valence electrons. The highest BCUT2D eigenvalue weighted by Crippen LogP contribution is 2.39. The molecule has 0 spiro atoms. The first kappa shape index (κ1) is 28.2. The van der Waals surface area contributed by atoms with Crippen LogP contribution in [0.1, 0.15) is 0 Å². The molecule has 0 aliphatic carbocycles. The van der Waals surface area contributed by atoms with Crippen molar-refractivity contribution in [2.24, 2.45) is 0 Å². The van der Waals surface area contributed by atoms with Gasteiger partial charge in [0, 0.05) is 32.8 Å². The van der Waals surface area contributed by atoms with Crippen LogP contribution in [-0.2, 0) is 0 Å². The summed E-state index contributed by atoms with van der Waals surface area (Å²) in [5.41, 5.74) is 11.0. The van der Waals surface area contributed by atoms with Crippen molar-refractivity contribution in [2.45, 2.75) is 0 Å². The van der Waals surface area contributed by atoms with Gasteiger partial charge in [-0.25, -0.2) is 9.97 Å². The van der Waals surface area contributed by atoms with Gasteiger partial charge in [0.2, 0.25) is 5.95 Å². The highest BCUT2D eigenvalue weighted by atomic mass is 15.2. The van der Waals surface area contributed by atoms with Gasteiger partial charge in [-0.2, -0.15) is 4.98 Å². The number of fused-ring (bicyclic) bond motifs is 6. The maximum atomic E-state index is 5.19. The third kappa shape index (κ3) is 4.52. The van der Waals surface area contributed by atoms with Gasteiger partial charge in [-0.1, -0.05) is 115 Å². The molecule has 0 amide bonds. The molecule has 10 rings (SSSR count). The van der Waals surface area contributed by atoms with Crippen LogP contribution in [0.25, 0.3) is 88.9 Å². The number of hydrogen-bond donors (Lipinski definition) is 0. The first-order valence-corrected chi connectivity index (χ1v) is 16.8. The molecule has 5 nitrogen and oxygen atoms in total. The van der Waals surface area contributed by atoms with Crippen LogP contribution in [-0.4, -0.2) is 24.1 Å². The minimum atomic E-state index is 0.582. The van der Waals surface area contributed by atoms with Gasteiger partial charge < -0.3 is 4.57 Å². The summed E-state index contributed by atoms with van der Waals surface area (Å²) in [6.45, 7) is 0. The number of hydrogen-bond acceptors (Lipinski definition) is 3. The maximum Gasteiger partial charge on any atom is 0.238 e. The molecule has 0 aliphatic heterocycles. The fraction of sp³-hybridized carbons (Fsp3) is 0. The number of rotatable bonds is 5. The molecule has 3 heterocycles. The Bertz CT molecular complexity index is 2800. The lowest BCUT2D eigenvalue weighted by Crippen LogP contribution is -2.03. The van der Waals surface area contributed by atoms with Crippen molar-refractivity contribution in [1.29, 1.82) is 0 Å². The van der Waals surface area contributed by atoms with E-state index in [0.29, 0.717) is 11.8 Å². The second-order valence-corrected chi connectivity index (χ2v) is 12.6. The minimum absolute atomic E-state index is 0.582. The molecule has 0 saturated heterocycles. The Morgan fingerprint density at radius 3 is 1.42 bits per heavy atom. The van der Waals surface area contributed by atoms with Crippen LogP contribution >= 0.6 is 0 Å². The van der Waals surface area contributed by atoms with Crippen molar-refractivity contribution in [3.63, 3.8) is 0 Å². The Morgan fingerprint density at radius 1 is 0.340 bits per heavy atom. The smallest absolute Gasteiger partial charge is 0.238 e. The molecule has 0 unspecified atom stereocenters. The first-order chi connectivity index (χ1) is 24.8. The zero-order chi connectivity index (χ0) is 33.0. The Balaban J connectivity index is 1.21. The number of para-hydroxylation sites is 3. The van der Waals surface area contributed by atoms with E-state index in [-0.39, 0.29) is 0 Å². The van der Waals surface area contributed by atoms with Gasteiger partial charge >= 0.3 is 0 Å². The van der Waals surface area contributed by atoms with Crippen LogP contribution < -0.4 is 0 Å². The van der Waals surface area contributed by atoms with Crippen LogP contribution in [0.2, 0.25) is 0 Å². The summed E-state index contributed by atoms with van der Waals surface area (Å²) in [4.78, 5) is 14.7. The van der Waals surface area contributed by atoms with Crippen LogP contribution in [0, 0.1) is 0 Å². The lowest BCUT2D eigenvalue weighted by atomic mass is 9.96. The third-order valence-electron chi connectivity index (χ3n) is 9.65. The Hall–Kier alpha value is -6.85. The van der Waals surface area contributed by atoms with E-state index in [1.54, 1.807) is 6.33 Å². The molecule has 0 bridgehead atoms. The van der Waals surface area contributed by atoms with E-state index in [2.05, 4.69) is 167 Å². The van der Waals surface area contributed by atoms with Crippen molar-refractivity contribution >= 4 is 43.6 Å². The first-order valence-electron chi connectivity index (χ1n) is 16.8. The quantitative estimate of drug-likeness (QED) is 0.188. The molecule has 0 radical (unpaired) electrons. The summed E-state index contributed by atoms with van der Waals surface area (Å²) in [7, 11) is 0. The summed E-state index contributed by atoms with van der Waals surface area (Å²) < 4.78 is 4.55. The van der Waals surface area contributed by atoms with Crippen LogP contribution in [0.4, 0.5) is 0 Å². The second-order valence-electron chi connectivity index (χ2n) is 12.6. The largest absolute Gasteiger partial charge is 0.309 e.